The normalized spacial score (nSPS) is 32.3. The molecule has 2 atom stereocenters. The minimum atomic E-state index is -0.277. The summed E-state index contributed by atoms with van der Waals surface area (Å²) in [4.78, 5) is 14.3. The van der Waals surface area contributed by atoms with Gasteiger partial charge in [0.05, 0.1) is 11.7 Å². The maximum absolute atomic E-state index is 12.4. The SMILES string of the molecule is CC1(C)CN(C(=O)C2CCCCO2)CC(CBr)O1. The Bertz CT molecular complexity index is 303. The smallest absolute Gasteiger partial charge is 0.251 e. The first-order chi connectivity index (χ1) is 8.52. The highest BCUT2D eigenvalue weighted by atomic mass is 79.9. The first-order valence-corrected chi connectivity index (χ1v) is 7.78. The van der Waals surface area contributed by atoms with Gasteiger partial charge in [-0.1, -0.05) is 15.9 Å². The summed E-state index contributed by atoms with van der Waals surface area (Å²) in [6.07, 6.45) is 2.86. The number of nitrogens with zero attached hydrogens (tertiary/aromatic N) is 1. The van der Waals surface area contributed by atoms with Crippen LogP contribution in [-0.2, 0) is 14.3 Å². The van der Waals surface area contributed by atoms with Crippen LogP contribution in [0.5, 0.6) is 0 Å². The summed E-state index contributed by atoms with van der Waals surface area (Å²) in [5.41, 5.74) is -0.277. The third-order valence-electron chi connectivity index (χ3n) is 3.42. The average Bonchev–Trinajstić information content (AvgIpc) is 2.37. The Morgan fingerprint density at radius 1 is 1.44 bits per heavy atom. The standard InChI is InChI=1S/C13H22BrNO3/c1-13(2)9-15(8-10(7-14)18-13)12(16)11-5-3-4-6-17-11/h10-11H,3-9H2,1-2H3. The Labute approximate surface area is 117 Å². The van der Waals surface area contributed by atoms with Crippen LogP contribution >= 0.6 is 15.9 Å². The molecule has 18 heavy (non-hydrogen) atoms. The second-order valence-electron chi connectivity index (χ2n) is 5.73. The number of hydrogen-bond donors (Lipinski definition) is 0. The molecule has 0 bridgehead atoms. The van der Waals surface area contributed by atoms with Gasteiger partial charge in [0.15, 0.2) is 0 Å². The molecule has 0 radical (unpaired) electrons. The highest BCUT2D eigenvalue weighted by Gasteiger charge is 2.37. The van der Waals surface area contributed by atoms with Gasteiger partial charge in [0.25, 0.3) is 5.91 Å². The Morgan fingerprint density at radius 2 is 2.22 bits per heavy atom. The van der Waals surface area contributed by atoms with E-state index in [1.165, 1.54) is 0 Å². The van der Waals surface area contributed by atoms with Crippen molar-refractivity contribution >= 4 is 21.8 Å². The highest BCUT2D eigenvalue weighted by Crippen LogP contribution is 2.24. The number of ether oxygens (including phenoxy) is 2. The van der Waals surface area contributed by atoms with E-state index in [-0.39, 0.29) is 23.7 Å². The van der Waals surface area contributed by atoms with Crippen LogP contribution in [0.15, 0.2) is 0 Å². The summed E-state index contributed by atoms with van der Waals surface area (Å²) in [5, 5.41) is 0.756. The lowest BCUT2D eigenvalue weighted by Crippen LogP contribution is -2.57. The van der Waals surface area contributed by atoms with Gasteiger partial charge in [-0.05, 0) is 33.1 Å². The van der Waals surface area contributed by atoms with Crippen LogP contribution < -0.4 is 0 Å². The quantitative estimate of drug-likeness (QED) is 0.730. The Morgan fingerprint density at radius 3 is 2.83 bits per heavy atom. The van der Waals surface area contributed by atoms with Crippen molar-refractivity contribution in [3.05, 3.63) is 0 Å². The predicted molar refractivity (Wildman–Crippen MR) is 72.9 cm³/mol. The molecule has 0 N–H and O–H groups in total. The fourth-order valence-electron chi connectivity index (χ4n) is 2.68. The van der Waals surface area contributed by atoms with E-state index in [4.69, 9.17) is 9.47 Å². The van der Waals surface area contributed by atoms with Crippen LogP contribution in [0.25, 0.3) is 0 Å². The van der Waals surface area contributed by atoms with Crippen LogP contribution in [-0.4, -0.2) is 53.6 Å². The van der Waals surface area contributed by atoms with Crippen LogP contribution in [0.4, 0.5) is 0 Å². The zero-order valence-corrected chi connectivity index (χ0v) is 12.7. The predicted octanol–water partition coefficient (Wildman–Crippen LogP) is 1.96. The summed E-state index contributed by atoms with van der Waals surface area (Å²) in [7, 11) is 0. The molecule has 2 rings (SSSR count). The van der Waals surface area contributed by atoms with Gasteiger partial charge >= 0.3 is 0 Å². The monoisotopic (exact) mass is 319 g/mol. The molecule has 0 aromatic rings. The summed E-state index contributed by atoms with van der Waals surface area (Å²) < 4.78 is 11.5. The topological polar surface area (TPSA) is 38.8 Å². The van der Waals surface area contributed by atoms with Gasteiger partial charge in [-0.25, -0.2) is 0 Å². The second kappa shape index (κ2) is 5.88. The lowest BCUT2D eigenvalue weighted by Gasteiger charge is -2.43. The molecule has 1 amide bonds. The van der Waals surface area contributed by atoms with Gasteiger partial charge in [-0.3, -0.25) is 4.79 Å². The van der Waals surface area contributed by atoms with E-state index in [1.54, 1.807) is 0 Å². The van der Waals surface area contributed by atoms with Crippen LogP contribution in [0.1, 0.15) is 33.1 Å². The molecule has 2 aliphatic rings. The zero-order chi connectivity index (χ0) is 13.2. The van der Waals surface area contributed by atoms with Gasteiger partial charge < -0.3 is 14.4 Å². The number of hydrogen-bond acceptors (Lipinski definition) is 3. The van der Waals surface area contributed by atoms with E-state index >= 15 is 0 Å². The Kier molecular flexibility index (Phi) is 4.67. The van der Waals surface area contributed by atoms with Crippen LogP contribution in [0.3, 0.4) is 0 Å². The number of carbonyl (C=O) groups is 1. The van der Waals surface area contributed by atoms with Gasteiger partial charge in [-0.2, -0.15) is 0 Å². The number of alkyl halides is 1. The fraction of sp³-hybridized carbons (Fsp3) is 0.923. The molecule has 5 heteroatoms. The van der Waals surface area contributed by atoms with E-state index in [1.807, 2.05) is 18.7 Å². The van der Waals surface area contributed by atoms with E-state index in [0.717, 1.165) is 24.6 Å². The molecule has 2 aliphatic heterocycles. The van der Waals surface area contributed by atoms with Crippen molar-refractivity contribution < 1.29 is 14.3 Å². The molecule has 4 nitrogen and oxygen atoms in total. The van der Waals surface area contributed by atoms with Crippen molar-refractivity contribution in [3.8, 4) is 0 Å². The highest BCUT2D eigenvalue weighted by molar-refractivity contribution is 9.09. The second-order valence-corrected chi connectivity index (χ2v) is 6.38. The molecular weight excluding hydrogens is 298 g/mol. The Hall–Kier alpha value is -0.130. The number of halogens is 1. The molecule has 2 fully saturated rings. The summed E-state index contributed by atoms with van der Waals surface area (Å²) in [5.74, 6) is 0.136. The number of morpholine rings is 1. The van der Waals surface area contributed by atoms with Gasteiger partial charge in [-0.15, -0.1) is 0 Å². The molecule has 0 aromatic carbocycles. The minimum absolute atomic E-state index is 0.0706. The average molecular weight is 320 g/mol. The minimum Gasteiger partial charge on any atom is -0.368 e. The Balaban J connectivity index is 1.99. The maximum atomic E-state index is 12.4. The fourth-order valence-corrected chi connectivity index (χ4v) is 3.02. The van der Waals surface area contributed by atoms with E-state index < -0.39 is 0 Å². The van der Waals surface area contributed by atoms with Crippen molar-refractivity contribution in [2.75, 3.05) is 25.0 Å². The van der Waals surface area contributed by atoms with E-state index in [2.05, 4.69) is 15.9 Å². The lowest BCUT2D eigenvalue weighted by atomic mass is 10.0. The number of rotatable bonds is 2. The largest absolute Gasteiger partial charge is 0.368 e. The molecule has 0 spiro atoms. The van der Waals surface area contributed by atoms with Crippen LogP contribution in [0.2, 0.25) is 0 Å². The third kappa shape index (κ3) is 3.45. The summed E-state index contributed by atoms with van der Waals surface area (Å²) >= 11 is 3.44. The van der Waals surface area contributed by atoms with Crippen molar-refractivity contribution in [3.63, 3.8) is 0 Å². The van der Waals surface area contributed by atoms with Gasteiger partial charge in [0.2, 0.25) is 0 Å². The molecule has 0 aliphatic carbocycles. The lowest BCUT2D eigenvalue weighted by molar-refractivity contribution is -0.168. The molecule has 2 unspecified atom stereocenters. The van der Waals surface area contributed by atoms with Crippen molar-refractivity contribution in [2.24, 2.45) is 0 Å². The van der Waals surface area contributed by atoms with Crippen molar-refractivity contribution in [2.45, 2.75) is 50.9 Å². The zero-order valence-electron chi connectivity index (χ0n) is 11.2. The first-order valence-electron chi connectivity index (χ1n) is 6.66. The molecule has 2 heterocycles. The summed E-state index contributed by atoms with van der Waals surface area (Å²) in [6, 6.07) is 0. The van der Waals surface area contributed by atoms with Crippen LogP contribution in [0, 0.1) is 0 Å². The number of amides is 1. The first kappa shape index (κ1) is 14.3. The molecule has 104 valence electrons. The van der Waals surface area contributed by atoms with E-state index in [9.17, 15) is 4.79 Å². The molecule has 0 aromatic heterocycles. The molecule has 2 saturated heterocycles. The maximum Gasteiger partial charge on any atom is 0.251 e. The van der Waals surface area contributed by atoms with E-state index in [0.29, 0.717) is 19.7 Å². The molecular formula is C13H22BrNO3. The van der Waals surface area contributed by atoms with Crippen molar-refractivity contribution in [1.29, 1.82) is 0 Å². The van der Waals surface area contributed by atoms with Gasteiger partial charge in [0.1, 0.15) is 6.10 Å². The van der Waals surface area contributed by atoms with Crippen molar-refractivity contribution in [1.82, 2.24) is 4.90 Å². The summed E-state index contributed by atoms with van der Waals surface area (Å²) in [6.45, 7) is 6.09. The van der Waals surface area contributed by atoms with Gasteiger partial charge in [0, 0.05) is 25.0 Å². The third-order valence-corrected chi connectivity index (χ3v) is 4.14. The number of carbonyl (C=O) groups excluding carboxylic acids is 1. The molecule has 0 saturated carbocycles.